The Morgan fingerprint density at radius 3 is 2.30 bits per heavy atom. The van der Waals surface area contributed by atoms with Crippen molar-refractivity contribution in [2.45, 2.75) is 36.6 Å². The fraction of sp³-hybridized carbons (Fsp3) is 0.381. The molecule has 0 radical (unpaired) electrons. The third kappa shape index (κ3) is 3.46. The lowest BCUT2D eigenvalue weighted by Gasteiger charge is -2.23. The summed E-state index contributed by atoms with van der Waals surface area (Å²) in [7, 11) is -2.10. The third-order valence-corrected chi connectivity index (χ3v) is 7.75. The molecule has 6 heteroatoms. The highest BCUT2D eigenvalue weighted by Gasteiger charge is 2.40. The molecule has 0 spiro atoms. The van der Waals surface area contributed by atoms with Crippen LogP contribution in [0.4, 0.5) is 5.69 Å². The number of nitrogens with zero attached hydrogens (tertiary/aromatic N) is 1. The van der Waals surface area contributed by atoms with Crippen LogP contribution in [0.1, 0.15) is 36.0 Å². The molecule has 0 aromatic heterocycles. The number of anilines is 1. The second-order valence-corrected chi connectivity index (χ2v) is 9.56. The Kier molecular flexibility index (Phi) is 4.68. The van der Waals surface area contributed by atoms with E-state index in [1.165, 1.54) is 30.6 Å². The SMILES string of the molecule is CN(c1ccc(C(=O)N[C@H]2C[C@@H]3CC[C@H]2C3)cc1)S(=O)(=O)c1ccccc1. The minimum absolute atomic E-state index is 0.0762. The Morgan fingerprint density at radius 2 is 1.70 bits per heavy atom. The van der Waals surface area contributed by atoms with Crippen LogP contribution in [0.3, 0.4) is 0 Å². The molecule has 2 saturated carbocycles. The van der Waals surface area contributed by atoms with E-state index in [0.29, 0.717) is 17.2 Å². The summed E-state index contributed by atoms with van der Waals surface area (Å²) in [5.74, 6) is 1.33. The smallest absolute Gasteiger partial charge is 0.264 e. The van der Waals surface area contributed by atoms with Crippen LogP contribution in [0.25, 0.3) is 0 Å². The fourth-order valence-electron chi connectivity index (χ4n) is 4.39. The number of amides is 1. The molecule has 4 rings (SSSR count). The van der Waals surface area contributed by atoms with E-state index < -0.39 is 10.0 Å². The number of carbonyl (C=O) groups excluding carboxylic acids is 1. The molecule has 0 heterocycles. The zero-order valence-electron chi connectivity index (χ0n) is 15.3. The molecular formula is C21H24N2O3S. The largest absolute Gasteiger partial charge is 0.349 e. The van der Waals surface area contributed by atoms with Crippen LogP contribution in [0.2, 0.25) is 0 Å². The van der Waals surface area contributed by atoms with E-state index >= 15 is 0 Å². The first-order valence-corrected chi connectivity index (χ1v) is 10.8. The van der Waals surface area contributed by atoms with Crippen molar-refractivity contribution in [2.75, 3.05) is 11.4 Å². The number of hydrogen-bond donors (Lipinski definition) is 1. The van der Waals surface area contributed by atoms with Gasteiger partial charge in [0.2, 0.25) is 0 Å². The van der Waals surface area contributed by atoms with E-state index in [0.717, 1.165) is 12.3 Å². The number of rotatable bonds is 5. The van der Waals surface area contributed by atoms with Gasteiger partial charge < -0.3 is 5.32 Å². The van der Waals surface area contributed by atoms with E-state index in [1.54, 1.807) is 54.6 Å². The maximum absolute atomic E-state index is 12.7. The molecule has 3 atom stereocenters. The lowest BCUT2D eigenvalue weighted by atomic mass is 9.95. The predicted molar refractivity (Wildman–Crippen MR) is 105 cm³/mol. The molecule has 142 valence electrons. The summed E-state index contributed by atoms with van der Waals surface area (Å²) in [5, 5.41) is 3.16. The molecule has 2 aliphatic carbocycles. The zero-order valence-corrected chi connectivity index (χ0v) is 16.2. The van der Waals surface area contributed by atoms with Gasteiger partial charge in [0.1, 0.15) is 0 Å². The van der Waals surface area contributed by atoms with Gasteiger partial charge in [-0.2, -0.15) is 0 Å². The van der Waals surface area contributed by atoms with E-state index in [9.17, 15) is 13.2 Å². The number of benzene rings is 2. The van der Waals surface area contributed by atoms with Gasteiger partial charge in [-0.15, -0.1) is 0 Å². The van der Waals surface area contributed by atoms with Crippen molar-refractivity contribution < 1.29 is 13.2 Å². The lowest BCUT2D eigenvalue weighted by Crippen LogP contribution is -2.38. The number of sulfonamides is 1. The fourth-order valence-corrected chi connectivity index (χ4v) is 5.60. The molecule has 2 aliphatic rings. The van der Waals surface area contributed by atoms with Gasteiger partial charge in [0.15, 0.2) is 0 Å². The van der Waals surface area contributed by atoms with Crippen molar-refractivity contribution in [1.82, 2.24) is 5.32 Å². The van der Waals surface area contributed by atoms with Gasteiger partial charge in [0, 0.05) is 18.7 Å². The highest BCUT2D eigenvalue weighted by molar-refractivity contribution is 7.92. The number of carbonyl (C=O) groups is 1. The number of nitrogens with one attached hydrogen (secondary N) is 1. The average Bonchev–Trinajstić information content (AvgIpc) is 3.31. The first kappa shape index (κ1) is 18.0. The van der Waals surface area contributed by atoms with Crippen molar-refractivity contribution in [3.05, 3.63) is 60.2 Å². The van der Waals surface area contributed by atoms with Crippen molar-refractivity contribution in [2.24, 2.45) is 11.8 Å². The summed E-state index contributed by atoms with van der Waals surface area (Å²) in [6.45, 7) is 0. The van der Waals surface area contributed by atoms with Gasteiger partial charge in [-0.25, -0.2) is 8.42 Å². The van der Waals surface area contributed by atoms with Gasteiger partial charge in [-0.1, -0.05) is 24.6 Å². The normalized spacial score (nSPS) is 24.0. The molecule has 2 bridgehead atoms. The standard InChI is InChI=1S/C21H24N2O3S/c1-23(27(25,26)19-5-3-2-4-6-19)18-11-9-16(10-12-18)21(24)22-20-14-15-7-8-17(20)13-15/h2-6,9-12,15,17,20H,7-8,13-14H2,1H3,(H,22,24)/t15-,17+,20+/m1/s1. The molecule has 0 aliphatic heterocycles. The summed E-state index contributed by atoms with van der Waals surface area (Å²) < 4.78 is 26.6. The average molecular weight is 385 g/mol. The zero-order chi connectivity index (χ0) is 19.0. The first-order valence-electron chi connectivity index (χ1n) is 9.40. The molecular weight excluding hydrogens is 360 g/mol. The van der Waals surface area contributed by atoms with Crippen LogP contribution in [-0.2, 0) is 10.0 Å². The minimum Gasteiger partial charge on any atom is -0.349 e. The second kappa shape index (κ2) is 7.00. The monoisotopic (exact) mass is 384 g/mol. The Hall–Kier alpha value is -2.34. The highest BCUT2D eigenvalue weighted by Crippen LogP contribution is 2.44. The topological polar surface area (TPSA) is 66.5 Å². The Balaban J connectivity index is 1.46. The lowest BCUT2D eigenvalue weighted by molar-refractivity contribution is 0.0923. The third-order valence-electron chi connectivity index (χ3n) is 5.95. The van der Waals surface area contributed by atoms with Crippen LogP contribution in [0.15, 0.2) is 59.5 Å². The quantitative estimate of drug-likeness (QED) is 0.859. The van der Waals surface area contributed by atoms with Crippen molar-refractivity contribution in [1.29, 1.82) is 0 Å². The summed E-state index contributed by atoms with van der Waals surface area (Å²) in [5.41, 5.74) is 1.09. The molecule has 5 nitrogen and oxygen atoms in total. The summed E-state index contributed by atoms with van der Waals surface area (Å²) >= 11 is 0. The molecule has 1 amide bonds. The maximum atomic E-state index is 12.7. The van der Waals surface area contributed by atoms with E-state index in [2.05, 4.69) is 5.32 Å². The summed E-state index contributed by atoms with van der Waals surface area (Å²) in [6, 6.07) is 15.3. The van der Waals surface area contributed by atoms with Crippen molar-refractivity contribution in [3.8, 4) is 0 Å². The van der Waals surface area contributed by atoms with E-state index in [1.807, 2.05) is 0 Å². The van der Waals surface area contributed by atoms with Crippen LogP contribution in [0.5, 0.6) is 0 Å². The van der Waals surface area contributed by atoms with Crippen molar-refractivity contribution in [3.63, 3.8) is 0 Å². The van der Waals surface area contributed by atoms with Gasteiger partial charge in [-0.3, -0.25) is 9.10 Å². The molecule has 0 saturated heterocycles. The number of hydrogen-bond acceptors (Lipinski definition) is 3. The van der Waals surface area contributed by atoms with Crippen molar-refractivity contribution >= 4 is 21.6 Å². The van der Waals surface area contributed by atoms with E-state index in [4.69, 9.17) is 0 Å². The van der Waals surface area contributed by atoms with Crippen LogP contribution in [-0.4, -0.2) is 27.4 Å². The van der Waals surface area contributed by atoms with Crippen LogP contribution >= 0.6 is 0 Å². The van der Waals surface area contributed by atoms with Gasteiger partial charge in [-0.05, 0) is 67.5 Å². The Labute approximate surface area is 160 Å². The van der Waals surface area contributed by atoms with Crippen LogP contribution < -0.4 is 9.62 Å². The van der Waals surface area contributed by atoms with E-state index in [-0.39, 0.29) is 16.8 Å². The molecule has 1 N–H and O–H groups in total. The molecule has 0 unspecified atom stereocenters. The molecule has 27 heavy (non-hydrogen) atoms. The predicted octanol–water partition coefficient (Wildman–Crippen LogP) is 3.43. The van der Waals surface area contributed by atoms with Crippen LogP contribution in [0, 0.1) is 11.8 Å². The Morgan fingerprint density at radius 1 is 1.00 bits per heavy atom. The molecule has 2 aromatic carbocycles. The number of fused-ring (bicyclic) bond motifs is 2. The van der Waals surface area contributed by atoms with Gasteiger partial charge in [0.05, 0.1) is 10.6 Å². The first-order chi connectivity index (χ1) is 12.9. The van der Waals surface area contributed by atoms with Gasteiger partial charge >= 0.3 is 0 Å². The Bertz CT molecular complexity index is 926. The maximum Gasteiger partial charge on any atom is 0.264 e. The summed E-state index contributed by atoms with van der Waals surface area (Å²) in [4.78, 5) is 12.8. The molecule has 2 fully saturated rings. The minimum atomic E-state index is -3.62. The summed E-state index contributed by atoms with van der Waals surface area (Å²) in [6.07, 6.45) is 4.85. The molecule has 2 aromatic rings. The van der Waals surface area contributed by atoms with Gasteiger partial charge in [0.25, 0.3) is 15.9 Å². The highest BCUT2D eigenvalue weighted by atomic mass is 32.2. The second-order valence-electron chi connectivity index (χ2n) is 7.59.